The van der Waals surface area contributed by atoms with Crippen LogP contribution in [-0.4, -0.2) is 14.8 Å². The first kappa shape index (κ1) is 15.2. The van der Waals surface area contributed by atoms with E-state index < -0.39 is 31.0 Å². The summed E-state index contributed by atoms with van der Waals surface area (Å²) in [6.45, 7) is 1.68. The molecule has 0 saturated carbocycles. The van der Waals surface area contributed by atoms with Gasteiger partial charge in [0, 0.05) is 4.92 Å². The normalized spacial score (nSPS) is 27.3. The highest BCUT2D eigenvalue weighted by Crippen LogP contribution is 2.44. The Morgan fingerprint density at radius 1 is 1.44 bits per heavy atom. The van der Waals surface area contributed by atoms with Crippen LogP contribution >= 0.6 is 34.8 Å². The van der Waals surface area contributed by atoms with Crippen LogP contribution in [0.15, 0.2) is 21.8 Å². The summed E-state index contributed by atoms with van der Waals surface area (Å²) >= 11 is 16.8. The Balaban J connectivity index is 3.33. The fourth-order valence-electron chi connectivity index (χ4n) is 1.93. The van der Waals surface area contributed by atoms with Gasteiger partial charge in [-0.05, 0) is 24.9 Å². The molecule has 0 N–H and O–H groups in total. The van der Waals surface area contributed by atoms with Gasteiger partial charge in [0.2, 0.25) is 0 Å². The van der Waals surface area contributed by atoms with E-state index in [9.17, 15) is 20.2 Å². The highest BCUT2D eigenvalue weighted by molar-refractivity contribution is 6.56. The summed E-state index contributed by atoms with van der Waals surface area (Å²) in [5.74, 6) is -1.17. The summed E-state index contributed by atoms with van der Waals surface area (Å²) in [4.78, 5) is 18.5. The third-order valence-electron chi connectivity index (χ3n) is 2.79. The zero-order valence-electron chi connectivity index (χ0n) is 9.23. The fraction of sp³-hybridized carbons (Fsp3) is 0.556. The van der Waals surface area contributed by atoms with Crippen molar-refractivity contribution in [2.75, 3.05) is 0 Å². The second kappa shape index (κ2) is 5.42. The monoisotopic (exact) mass is 314 g/mol. The third-order valence-corrected chi connectivity index (χ3v) is 3.71. The van der Waals surface area contributed by atoms with E-state index >= 15 is 0 Å². The van der Waals surface area contributed by atoms with Crippen LogP contribution in [0.2, 0.25) is 0 Å². The van der Waals surface area contributed by atoms with Crippen LogP contribution in [0.4, 0.5) is 0 Å². The average molecular weight is 316 g/mol. The molecule has 0 aromatic rings. The number of allylic oxidation sites excluding steroid dienone is 1. The molecule has 0 amide bonds. The molecule has 0 aromatic heterocycles. The maximum atomic E-state index is 11.1. The summed E-state index contributed by atoms with van der Waals surface area (Å²) in [5, 5.41) is 22.0. The maximum absolute atomic E-state index is 11.1. The third kappa shape index (κ3) is 2.76. The van der Waals surface area contributed by atoms with E-state index in [4.69, 9.17) is 34.8 Å². The molecule has 0 unspecified atom stereocenters. The second-order valence-electron chi connectivity index (χ2n) is 3.99. The van der Waals surface area contributed by atoms with Crippen LogP contribution in [0.1, 0.15) is 19.8 Å². The van der Waals surface area contributed by atoms with E-state index in [1.54, 1.807) is 13.0 Å². The first-order valence-electron chi connectivity index (χ1n) is 4.88. The van der Waals surface area contributed by atoms with E-state index in [0.29, 0.717) is 5.57 Å². The van der Waals surface area contributed by atoms with Crippen molar-refractivity contribution in [3.63, 3.8) is 0 Å². The highest BCUT2D eigenvalue weighted by atomic mass is 35.5. The standard InChI is InChI=1S/C9H9Cl3N2O4/c1-5-2-3-6(7(8(10)11)13(15)16)9(12,4-5)14(17)18/h2,6H,3-4H2,1H3/t6-,9+/m0/s1. The zero-order valence-corrected chi connectivity index (χ0v) is 11.5. The second-order valence-corrected chi connectivity index (χ2v) is 5.60. The molecule has 100 valence electrons. The average Bonchev–Trinajstić information content (AvgIpc) is 2.20. The molecule has 18 heavy (non-hydrogen) atoms. The Bertz CT molecular complexity index is 459. The van der Waals surface area contributed by atoms with Gasteiger partial charge in [0.05, 0.1) is 11.3 Å². The van der Waals surface area contributed by atoms with Gasteiger partial charge in [-0.1, -0.05) is 34.9 Å². The summed E-state index contributed by atoms with van der Waals surface area (Å²) in [6, 6.07) is 0. The quantitative estimate of drug-likeness (QED) is 0.262. The van der Waals surface area contributed by atoms with Crippen molar-refractivity contribution in [3.8, 4) is 0 Å². The minimum absolute atomic E-state index is 0.0512. The lowest BCUT2D eigenvalue weighted by Crippen LogP contribution is -2.44. The van der Waals surface area contributed by atoms with Crippen molar-refractivity contribution in [3.05, 3.63) is 42.1 Å². The van der Waals surface area contributed by atoms with Gasteiger partial charge in [-0.25, -0.2) is 0 Å². The van der Waals surface area contributed by atoms with Gasteiger partial charge in [0.15, 0.2) is 4.49 Å². The Morgan fingerprint density at radius 2 is 2.00 bits per heavy atom. The molecule has 0 radical (unpaired) electrons. The number of alkyl halides is 1. The number of hydrogen-bond acceptors (Lipinski definition) is 4. The van der Waals surface area contributed by atoms with E-state index in [0.717, 1.165) is 0 Å². The van der Waals surface area contributed by atoms with Gasteiger partial charge >= 0.3 is 5.00 Å². The van der Waals surface area contributed by atoms with E-state index in [1.807, 2.05) is 0 Å². The minimum Gasteiger partial charge on any atom is -0.263 e. The number of nitro groups is 2. The van der Waals surface area contributed by atoms with Gasteiger partial charge in [0.25, 0.3) is 5.70 Å². The summed E-state index contributed by atoms with van der Waals surface area (Å²) in [5.41, 5.74) is 0.0835. The predicted molar refractivity (Wildman–Crippen MR) is 67.8 cm³/mol. The molecule has 9 heteroatoms. The van der Waals surface area contributed by atoms with Crippen LogP contribution in [0, 0.1) is 26.1 Å². The molecule has 0 aromatic carbocycles. The molecule has 0 aliphatic heterocycles. The fourth-order valence-corrected chi connectivity index (χ4v) is 2.73. The molecule has 0 bridgehead atoms. The van der Waals surface area contributed by atoms with Gasteiger partial charge in [0.1, 0.15) is 5.92 Å². The van der Waals surface area contributed by atoms with Crippen molar-refractivity contribution in [2.45, 2.75) is 24.8 Å². The van der Waals surface area contributed by atoms with Gasteiger partial charge < -0.3 is 0 Å². The zero-order chi connectivity index (χ0) is 14.1. The van der Waals surface area contributed by atoms with Crippen LogP contribution < -0.4 is 0 Å². The van der Waals surface area contributed by atoms with Crippen molar-refractivity contribution in [1.82, 2.24) is 0 Å². The lowest BCUT2D eigenvalue weighted by atomic mass is 9.83. The first-order valence-corrected chi connectivity index (χ1v) is 6.02. The molecule has 1 aliphatic carbocycles. The topological polar surface area (TPSA) is 86.3 Å². The number of halogens is 3. The minimum atomic E-state index is -1.99. The Labute approximate surface area is 117 Å². The summed E-state index contributed by atoms with van der Waals surface area (Å²) < 4.78 is -0.607. The van der Waals surface area contributed by atoms with E-state index in [-0.39, 0.29) is 12.8 Å². The molecule has 0 fully saturated rings. The smallest absolute Gasteiger partial charge is 0.263 e. The molecule has 2 atom stereocenters. The number of hydrogen-bond donors (Lipinski definition) is 0. The Kier molecular flexibility index (Phi) is 4.58. The summed E-state index contributed by atoms with van der Waals surface area (Å²) in [6.07, 6.45) is 1.62. The van der Waals surface area contributed by atoms with Crippen molar-refractivity contribution in [2.24, 2.45) is 5.92 Å². The van der Waals surface area contributed by atoms with Crippen molar-refractivity contribution in [1.29, 1.82) is 0 Å². The number of rotatable bonds is 3. The van der Waals surface area contributed by atoms with Crippen molar-refractivity contribution < 1.29 is 9.85 Å². The molecule has 0 saturated heterocycles. The highest BCUT2D eigenvalue weighted by Gasteiger charge is 2.56. The molecule has 1 rings (SSSR count). The predicted octanol–water partition coefficient (Wildman–Crippen LogP) is 3.48. The molecular weight excluding hydrogens is 306 g/mol. The van der Waals surface area contributed by atoms with Crippen LogP contribution in [-0.2, 0) is 0 Å². The largest absolute Gasteiger partial charge is 0.311 e. The van der Waals surface area contributed by atoms with Crippen molar-refractivity contribution >= 4 is 34.8 Å². The SMILES string of the molecule is CC1=CC[C@@H](C(=C(Cl)Cl)[N+](=O)[O-])[C@](Cl)([N+](=O)[O-])C1. The van der Waals surface area contributed by atoms with Gasteiger partial charge in [-0.15, -0.1) is 0 Å². The lowest BCUT2D eigenvalue weighted by molar-refractivity contribution is -0.559. The van der Waals surface area contributed by atoms with Crippen LogP contribution in [0.5, 0.6) is 0 Å². The maximum Gasteiger partial charge on any atom is 0.311 e. The van der Waals surface area contributed by atoms with Gasteiger partial charge in [-0.2, -0.15) is 0 Å². The molecular formula is C9H9Cl3N2O4. The van der Waals surface area contributed by atoms with E-state index in [2.05, 4.69) is 0 Å². The van der Waals surface area contributed by atoms with Crippen LogP contribution in [0.25, 0.3) is 0 Å². The van der Waals surface area contributed by atoms with E-state index in [1.165, 1.54) is 0 Å². The Hall–Kier alpha value is -0.850. The first-order chi connectivity index (χ1) is 8.20. The van der Waals surface area contributed by atoms with Gasteiger partial charge in [-0.3, -0.25) is 20.2 Å². The molecule has 0 heterocycles. The summed E-state index contributed by atoms with van der Waals surface area (Å²) in [7, 11) is 0. The molecule has 1 aliphatic rings. The number of nitrogens with zero attached hydrogens (tertiary/aromatic N) is 2. The van der Waals surface area contributed by atoms with Crippen LogP contribution in [0.3, 0.4) is 0 Å². The molecule has 6 nitrogen and oxygen atoms in total. The lowest BCUT2D eigenvalue weighted by Gasteiger charge is -2.29. The molecule has 0 spiro atoms. The Morgan fingerprint density at radius 3 is 2.39 bits per heavy atom.